The monoisotopic (exact) mass is 540 g/mol. The predicted molar refractivity (Wildman–Crippen MR) is 131 cm³/mol. The number of ether oxygens (including phenoxy) is 3. The molecular formula is C23H28N2O9S2. The highest BCUT2D eigenvalue weighted by Gasteiger charge is 2.74. The first kappa shape index (κ1) is 25.5. The third-order valence-electron chi connectivity index (χ3n) is 7.50. The molecule has 0 unspecified atom stereocenters. The van der Waals surface area contributed by atoms with E-state index in [1.165, 1.54) is 50.1 Å². The summed E-state index contributed by atoms with van der Waals surface area (Å²) in [6.07, 6.45) is 1.47. The molecule has 3 aliphatic heterocycles. The van der Waals surface area contributed by atoms with Crippen LogP contribution < -0.4 is 14.2 Å². The fourth-order valence-electron chi connectivity index (χ4n) is 5.61. The van der Waals surface area contributed by atoms with Crippen molar-refractivity contribution in [1.82, 2.24) is 9.96 Å². The zero-order chi connectivity index (χ0) is 26.2. The number of hydrogen-bond acceptors (Lipinski definition) is 11. The quantitative estimate of drug-likeness (QED) is 0.454. The summed E-state index contributed by atoms with van der Waals surface area (Å²) >= 11 is 2.32. The molecule has 1 aromatic rings. The first-order chi connectivity index (χ1) is 17.1. The van der Waals surface area contributed by atoms with Gasteiger partial charge in [0.1, 0.15) is 29.2 Å². The number of methoxy groups -OCH3 is 2. The summed E-state index contributed by atoms with van der Waals surface area (Å²) in [6, 6.07) is 3.46. The van der Waals surface area contributed by atoms with E-state index in [9.17, 15) is 24.9 Å². The van der Waals surface area contributed by atoms with Gasteiger partial charge in [0.25, 0.3) is 11.6 Å². The summed E-state index contributed by atoms with van der Waals surface area (Å²) in [7, 11) is 4.40. The van der Waals surface area contributed by atoms with Gasteiger partial charge in [0, 0.05) is 19.0 Å². The van der Waals surface area contributed by atoms with E-state index < -0.39 is 51.6 Å². The number of fused-ring (bicyclic) bond motifs is 3. The van der Waals surface area contributed by atoms with Crippen LogP contribution in [0.25, 0.3) is 0 Å². The van der Waals surface area contributed by atoms with E-state index in [1.54, 1.807) is 24.6 Å². The summed E-state index contributed by atoms with van der Waals surface area (Å²) in [4.78, 5) is 34.0. The molecule has 0 aromatic heterocycles. The molecule has 36 heavy (non-hydrogen) atoms. The molecule has 2 amide bonds. The van der Waals surface area contributed by atoms with Crippen molar-refractivity contribution in [1.29, 1.82) is 0 Å². The molecule has 7 atom stereocenters. The van der Waals surface area contributed by atoms with Crippen molar-refractivity contribution < 1.29 is 44.0 Å². The molecule has 1 aliphatic carbocycles. The van der Waals surface area contributed by atoms with Gasteiger partial charge in [-0.05, 0) is 24.6 Å². The Morgan fingerprint density at radius 1 is 1.11 bits per heavy atom. The van der Waals surface area contributed by atoms with Gasteiger partial charge in [0.2, 0.25) is 5.75 Å². The average molecular weight is 541 g/mol. The van der Waals surface area contributed by atoms with Crippen LogP contribution in [0.5, 0.6) is 17.2 Å². The predicted octanol–water partition coefficient (Wildman–Crippen LogP) is 0.283. The minimum Gasteiger partial charge on any atom is -0.493 e. The average Bonchev–Trinajstić information content (AvgIpc) is 3.22. The van der Waals surface area contributed by atoms with Crippen molar-refractivity contribution in [3.8, 4) is 17.2 Å². The number of carbonyl (C=O) groups is 2. The SMILES string of the molecule is COc1ccc2c(c1OC)O[C@]1(C(=O)N3O[C@H]4[C@H](O)C=C[C@@H](O)[C@@]4(O)C[C@@]3(SC)C(=O)N1C)[C@@H]2SC. The zero-order valence-corrected chi connectivity index (χ0v) is 22.0. The second-order valence-electron chi connectivity index (χ2n) is 9.10. The van der Waals surface area contributed by atoms with Gasteiger partial charge >= 0.3 is 5.91 Å². The molecule has 4 aliphatic rings. The van der Waals surface area contributed by atoms with Gasteiger partial charge in [-0.15, -0.1) is 11.8 Å². The van der Waals surface area contributed by atoms with Gasteiger partial charge in [-0.3, -0.25) is 19.3 Å². The van der Waals surface area contributed by atoms with Gasteiger partial charge in [-0.25, -0.2) is 0 Å². The lowest BCUT2D eigenvalue weighted by atomic mass is 9.75. The van der Waals surface area contributed by atoms with Crippen molar-refractivity contribution in [3.05, 3.63) is 29.8 Å². The van der Waals surface area contributed by atoms with Crippen LogP contribution in [0, 0.1) is 0 Å². The van der Waals surface area contributed by atoms with Crippen LogP contribution in [0.2, 0.25) is 0 Å². The van der Waals surface area contributed by atoms with Crippen LogP contribution in [0.1, 0.15) is 17.2 Å². The Morgan fingerprint density at radius 3 is 2.44 bits per heavy atom. The van der Waals surface area contributed by atoms with Gasteiger partial charge < -0.3 is 29.5 Å². The van der Waals surface area contributed by atoms with E-state index in [-0.39, 0.29) is 17.9 Å². The molecule has 0 saturated carbocycles. The number of hydrogen-bond donors (Lipinski definition) is 3. The largest absolute Gasteiger partial charge is 0.493 e. The highest BCUT2D eigenvalue weighted by atomic mass is 32.2. The summed E-state index contributed by atoms with van der Waals surface area (Å²) in [6.45, 7) is 0. The van der Waals surface area contributed by atoms with Crippen molar-refractivity contribution >= 4 is 35.3 Å². The Hall–Kier alpha value is -2.16. The third-order valence-corrected chi connectivity index (χ3v) is 9.71. The standard InChI is InChI=1S/C23H28N2O9S2/c1-24-19(28)22(36-5)10-21(30)14(27)9-7-12(26)17(21)34-25(22)20(29)23(24)18(35-4)11-6-8-13(31-2)16(32-3)15(11)33-23/h6-9,12,14,17-18,26-27,30H,10H2,1-5H3/t12-,14-,17+,18-,21+,22-,23+/m1/s1. The maximum Gasteiger partial charge on any atom is 0.315 e. The molecule has 1 aromatic carbocycles. The molecule has 2 saturated heterocycles. The number of carbonyl (C=O) groups excluding carboxylic acids is 2. The van der Waals surface area contributed by atoms with Crippen LogP contribution in [-0.4, -0.2) is 105 Å². The summed E-state index contributed by atoms with van der Waals surface area (Å²) < 4.78 is 17.3. The van der Waals surface area contributed by atoms with E-state index in [0.29, 0.717) is 11.3 Å². The molecule has 3 heterocycles. The Morgan fingerprint density at radius 2 is 1.83 bits per heavy atom. The van der Waals surface area contributed by atoms with Crippen LogP contribution in [-0.2, 0) is 14.4 Å². The molecule has 13 heteroatoms. The van der Waals surface area contributed by atoms with E-state index in [4.69, 9.17) is 19.0 Å². The highest BCUT2D eigenvalue weighted by molar-refractivity contribution is 8.00. The van der Waals surface area contributed by atoms with Crippen molar-refractivity contribution in [2.24, 2.45) is 0 Å². The number of rotatable bonds is 4. The molecule has 5 rings (SSSR count). The minimum absolute atomic E-state index is 0.269. The number of hydroxylamine groups is 2. The molecule has 196 valence electrons. The van der Waals surface area contributed by atoms with Gasteiger partial charge in [0.15, 0.2) is 16.4 Å². The number of thioether (sulfide) groups is 2. The molecular weight excluding hydrogens is 512 g/mol. The van der Waals surface area contributed by atoms with Gasteiger partial charge in [0.05, 0.1) is 14.2 Å². The molecule has 0 bridgehead atoms. The number of piperazine rings is 1. The van der Waals surface area contributed by atoms with Crippen molar-refractivity contribution in [2.45, 2.75) is 46.2 Å². The second-order valence-corrected chi connectivity index (χ2v) is 11.1. The van der Waals surface area contributed by atoms with Crippen LogP contribution in [0.4, 0.5) is 0 Å². The molecule has 3 N–H and O–H groups in total. The number of nitrogens with zero attached hydrogens (tertiary/aromatic N) is 2. The van der Waals surface area contributed by atoms with E-state index in [2.05, 4.69) is 0 Å². The van der Waals surface area contributed by atoms with Crippen LogP contribution >= 0.6 is 23.5 Å². The Balaban J connectivity index is 1.66. The normalized spacial score (nSPS) is 39.0. The second kappa shape index (κ2) is 8.43. The van der Waals surface area contributed by atoms with Gasteiger partial charge in [-0.2, -0.15) is 16.8 Å². The zero-order valence-electron chi connectivity index (χ0n) is 20.3. The first-order valence-electron chi connectivity index (χ1n) is 11.2. The summed E-state index contributed by atoms with van der Waals surface area (Å²) in [5, 5.41) is 32.8. The Labute approximate surface area is 216 Å². The maximum absolute atomic E-state index is 14.4. The smallest absolute Gasteiger partial charge is 0.315 e. The lowest BCUT2D eigenvalue weighted by Crippen LogP contribution is -2.82. The Kier molecular flexibility index (Phi) is 5.97. The molecule has 0 radical (unpaired) electrons. The lowest BCUT2D eigenvalue weighted by Gasteiger charge is -2.60. The van der Waals surface area contributed by atoms with Crippen LogP contribution in [0.15, 0.2) is 24.3 Å². The number of amides is 2. The van der Waals surface area contributed by atoms with Gasteiger partial charge in [-0.1, -0.05) is 12.2 Å². The topological polar surface area (TPSA) is 138 Å². The van der Waals surface area contributed by atoms with E-state index in [0.717, 1.165) is 16.8 Å². The van der Waals surface area contributed by atoms with Crippen molar-refractivity contribution in [2.75, 3.05) is 33.8 Å². The summed E-state index contributed by atoms with van der Waals surface area (Å²) in [5.41, 5.74) is -3.22. The fraction of sp³-hybridized carbons (Fsp3) is 0.565. The van der Waals surface area contributed by atoms with Crippen LogP contribution in [0.3, 0.4) is 0 Å². The third kappa shape index (κ3) is 2.92. The maximum atomic E-state index is 14.4. The van der Waals surface area contributed by atoms with E-state index in [1.807, 2.05) is 0 Å². The number of benzene rings is 1. The van der Waals surface area contributed by atoms with E-state index >= 15 is 0 Å². The first-order valence-corrected chi connectivity index (χ1v) is 13.7. The highest BCUT2D eigenvalue weighted by Crippen LogP contribution is 2.61. The minimum atomic E-state index is -2.01. The number of aliphatic hydroxyl groups excluding tert-OH is 2. The number of aliphatic hydroxyl groups is 3. The fourth-order valence-corrected chi connectivity index (χ4v) is 7.66. The Bertz CT molecular complexity index is 1150. The molecule has 2 fully saturated rings. The summed E-state index contributed by atoms with van der Waals surface area (Å²) in [5.74, 6) is -0.296. The van der Waals surface area contributed by atoms with Crippen molar-refractivity contribution in [3.63, 3.8) is 0 Å². The number of likely N-dealkylation sites (N-methyl/N-ethyl adjacent to an activating group) is 1. The molecule has 1 spiro atoms. The lowest BCUT2D eigenvalue weighted by molar-refractivity contribution is -0.338. The molecule has 11 nitrogen and oxygen atoms in total.